The topological polar surface area (TPSA) is 25.8 Å². The maximum Gasteiger partial charge on any atom is 0.170 e. The van der Waals surface area contributed by atoms with Crippen molar-refractivity contribution in [3.63, 3.8) is 0 Å². The van der Waals surface area contributed by atoms with E-state index in [4.69, 9.17) is 0 Å². The molecule has 0 aliphatic rings. The van der Waals surface area contributed by atoms with Gasteiger partial charge in [0, 0.05) is 16.0 Å². The van der Waals surface area contributed by atoms with Gasteiger partial charge in [0.05, 0.1) is 4.88 Å². The molecule has 0 atom stereocenters. The van der Waals surface area contributed by atoms with Crippen LogP contribution in [0.5, 0.6) is 0 Å². The zero-order chi connectivity index (χ0) is 9.26. The number of aromatic nitrogens is 2. The van der Waals surface area contributed by atoms with E-state index in [9.17, 15) is 0 Å². The fourth-order valence-corrected chi connectivity index (χ4v) is 2.54. The minimum absolute atomic E-state index is 0.755. The van der Waals surface area contributed by atoms with Gasteiger partial charge in [0.2, 0.25) is 0 Å². The minimum Gasteiger partial charge on any atom is -0.236 e. The summed E-state index contributed by atoms with van der Waals surface area (Å²) in [6, 6.07) is 3.82. The summed E-state index contributed by atoms with van der Waals surface area (Å²) >= 11 is 8.32. The molecule has 5 heteroatoms. The Labute approximate surface area is 96.3 Å². The van der Waals surface area contributed by atoms with Crippen molar-refractivity contribution in [2.75, 3.05) is 0 Å². The maximum absolute atomic E-state index is 4.25. The normalized spacial score (nSPS) is 10.3. The van der Waals surface area contributed by atoms with Crippen LogP contribution in [-0.2, 0) is 0 Å². The van der Waals surface area contributed by atoms with E-state index in [-0.39, 0.29) is 0 Å². The summed E-state index contributed by atoms with van der Waals surface area (Å²) in [5.74, 6) is 0.755. The van der Waals surface area contributed by atoms with Gasteiger partial charge in [-0.3, -0.25) is 0 Å². The molecule has 2 nitrogen and oxygen atoms in total. The summed E-state index contributed by atoms with van der Waals surface area (Å²) < 4.78 is 1.87. The average Bonchev–Trinajstić information content (AvgIpc) is 2.52. The third-order valence-electron chi connectivity index (χ3n) is 1.41. The predicted octanol–water partition coefficient (Wildman–Crippen LogP) is 3.73. The second-order valence-electron chi connectivity index (χ2n) is 2.33. The lowest BCUT2D eigenvalue weighted by atomic mass is 10.4. The van der Waals surface area contributed by atoms with Crippen molar-refractivity contribution in [3.8, 4) is 10.7 Å². The standard InChI is InChI=1S/C8H4Br2N2S/c9-5-3-6(13-4-5)8-11-2-1-7(10)12-8/h1-4H. The minimum atomic E-state index is 0.755. The lowest BCUT2D eigenvalue weighted by molar-refractivity contribution is 1.16. The van der Waals surface area contributed by atoms with Crippen molar-refractivity contribution in [1.29, 1.82) is 0 Å². The van der Waals surface area contributed by atoms with Crippen LogP contribution in [0.4, 0.5) is 0 Å². The largest absolute Gasteiger partial charge is 0.236 e. The van der Waals surface area contributed by atoms with Crippen LogP contribution < -0.4 is 0 Å². The molecule has 2 rings (SSSR count). The first-order valence-corrected chi connectivity index (χ1v) is 5.95. The quantitative estimate of drug-likeness (QED) is 0.748. The van der Waals surface area contributed by atoms with Gasteiger partial charge in [0.25, 0.3) is 0 Å². The highest BCUT2D eigenvalue weighted by Crippen LogP contribution is 2.27. The van der Waals surface area contributed by atoms with Crippen molar-refractivity contribution >= 4 is 43.2 Å². The van der Waals surface area contributed by atoms with Gasteiger partial charge in [-0.05, 0) is 44.0 Å². The molecule has 0 saturated carbocycles. The van der Waals surface area contributed by atoms with E-state index in [0.29, 0.717) is 0 Å². The predicted molar refractivity (Wildman–Crippen MR) is 60.7 cm³/mol. The fraction of sp³-hybridized carbons (Fsp3) is 0. The molecule has 0 amide bonds. The average molecular weight is 320 g/mol. The monoisotopic (exact) mass is 318 g/mol. The highest BCUT2D eigenvalue weighted by atomic mass is 79.9. The van der Waals surface area contributed by atoms with E-state index in [1.807, 2.05) is 17.5 Å². The fourth-order valence-electron chi connectivity index (χ4n) is 0.886. The van der Waals surface area contributed by atoms with Crippen LogP contribution in [0.25, 0.3) is 10.7 Å². The molecule has 0 spiro atoms. The molecular weight excluding hydrogens is 316 g/mol. The first kappa shape index (κ1) is 9.30. The number of halogens is 2. The number of nitrogens with zero attached hydrogens (tertiary/aromatic N) is 2. The lowest BCUT2D eigenvalue weighted by Gasteiger charge is -1.94. The summed E-state index contributed by atoms with van der Waals surface area (Å²) in [6.45, 7) is 0. The van der Waals surface area contributed by atoms with E-state index in [0.717, 1.165) is 19.8 Å². The number of rotatable bonds is 1. The van der Waals surface area contributed by atoms with Gasteiger partial charge in [0.1, 0.15) is 4.60 Å². The van der Waals surface area contributed by atoms with Gasteiger partial charge < -0.3 is 0 Å². The Bertz CT molecular complexity index is 428. The number of thiophene rings is 1. The molecular formula is C8H4Br2N2S. The molecule has 0 fully saturated rings. The molecule has 2 aromatic rings. The van der Waals surface area contributed by atoms with Crippen LogP contribution in [0.3, 0.4) is 0 Å². The number of hydrogen-bond donors (Lipinski definition) is 0. The Morgan fingerprint density at radius 2 is 2.15 bits per heavy atom. The Balaban J connectivity index is 2.46. The molecule has 2 aromatic heterocycles. The molecule has 13 heavy (non-hydrogen) atoms. The Kier molecular flexibility index (Phi) is 2.76. The smallest absolute Gasteiger partial charge is 0.170 e. The summed E-state index contributed by atoms with van der Waals surface area (Å²) in [4.78, 5) is 9.49. The van der Waals surface area contributed by atoms with E-state index < -0.39 is 0 Å². The molecule has 0 saturated heterocycles. The van der Waals surface area contributed by atoms with Crippen LogP contribution >= 0.6 is 43.2 Å². The molecule has 0 bridgehead atoms. The third-order valence-corrected chi connectivity index (χ3v) is 3.54. The molecule has 0 aliphatic heterocycles. The van der Waals surface area contributed by atoms with Crippen molar-refractivity contribution in [2.45, 2.75) is 0 Å². The molecule has 0 aromatic carbocycles. The first-order valence-electron chi connectivity index (χ1n) is 3.48. The van der Waals surface area contributed by atoms with Gasteiger partial charge in [-0.25, -0.2) is 9.97 Å². The van der Waals surface area contributed by atoms with E-state index >= 15 is 0 Å². The molecule has 0 N–H and O–H groups in total. The maximum atomic E-state index is 4.25. The van der Waals surface area contributed by atoms with Crippen molar-refractivity contribution in [2.24, 2.45) is 0 Å². The SMILES string of the molecule is Brc1csc(-c2nccc(Br)n2)c1. The van der Waals surface area contributed by atoms with E-state index in [1.165, 1.54) is 0 Å². The zero-order valence-corrected chi connectivity index (χ0v) is 10.4. The van der Waals surface area contributed by atoms with Crippen LogP contribution in [0.15, 0.2) is 32.8 Å². The van der Waals surface area contributed by atoms with Gasteiger partial charge >= 0.3 is 0 Å². The van der Waals surface area contributed by atoms with Gasteiger partial charge in [-0.15, -0.1) is 11.3 Å². The molecule has 0 unspecified atom stereocenters. The highest BCUT2D eigenvalue weighted by Gasteiger charge is 2.03. The zero-order valence-electron chi connectivity index (χ0n) is 6.37. The molecule has 0 radical (unpaired) electrons. The Hall–Kier alpha value is -0.260. The molecule has 66 valence electrons. The second-order valence-corrected chi connectivity index (χ2v) is 4.97. The summed E-state index contributed by atoms with van der Waals surface area (Å²) in [6.07, 6.45) is 1.74. The van der Waals surface area contributed by atoms with Gasteiger partial charge in [0.15, 0.2) is 5.82 Å². The molecule has 0 aliphatic carbocycles. The second kappa shape index (κ2) is 3.86. The van der Waals surface area contributed by atoms with Crippen LogP contribution in [0.1, 0.15) is 0 Å². The highest BCUT2D eigenvalue weighted by molar-refractivity contribution is 9.10. The third kappa shape index (κ3) is 2.15. The first-order chi connectivity index (χ1) is 6.25. The van der Waals surface area contributed by atoms with Crippen LogP contribution in [-0.4, -0.2) is 9.97 Å². The van der Waals surface area contributed by atoms with Gasteiger partial charge in [-0.2, -0.15) is 0 Å². The summed E-state index contributed by atoms with van der Waals surface area (Å²) in [5, 5.41) is 2.01. The van der Waals surface area contributed by atoms with Crippen molar-refractivity contribution in [3.05, 3.63) is 32.8 Å². The summed E-state index contributed by atoms with van der Waals surface area (Å²) in [5.41, 5.74) is 0. The van der Waals surface area contributed by atoms with Crippen LogP contribution in [0, 0.1) is 0 Å². The lowest BCUT2D eigenvalue weighted by Crippen LogP contribution is -1.84. The van der Waals surface area contributed by atoms with Crippen molar-refractivity contribution < 1.29 is 0 Å². The summed E-state index contributed by atoms with van der Waals surface area (Å²) in [7, 11) is 0. The van der Waals surface area contributed by atoms with E-state index in [1.54, 1.807) is 17.5 Å². The van der Waals surface area contributed by atoms with Crippen LogP contribution in [0.2, 0.25) is 0 Å². The number of hydrogen-bond acceptors (Lipinski definition) is 3. The van der Waals surface area contributed by atoms with E-state index in [2.05, 4.69) is 41.8 Å². The van der Waals surface area contributed by atoms with Crippen molar-refractivity contribution in [1.82, 2.24) is 9.97 Å². The van der Waals surface area contributed by atoms with Gasteiger partial charge in [-0.1, -0.05) is 0 Å². The Morgan fingerprint density at radius 3 is 2.77 bits per heavy atom. The Morgan fingerprint density at radius 1 is 1.31 bits per heavy atom. The molecule has 2 heterocycles.